The maximum Gasteiger partial charge on any atom is 0.338 e. The number of aliphatic hydroxyl groups excluding tert-OH is 1. The fourth-order valence-electron chi connectivity index (χ4n) is 3.22. The number of esters is 1. The molecule has 2 aliphatic heterocycles. The summed E-state index contributed by atoms with van der Waals surface area (Å²) in [6, 6.07) is 3.05. The van der Waals surface area contributed by atoms with Crippen LogP contribution in [0.3, 0.4) is 0 Å². The zero-order chi connectivity index (χ0) is 15.9. The van der Waals surface area contributed by atoms with Gasteiger partial charge in [0.2, 0.25) is 0 Å². The van der Waals surface area contributed by atoms with Crippen molar-refractivity contribution in [2.24, 2.45) is 5.73 Å². The van der Waals surface area contributed by atoms with Gasteiger partial charge in [0, 0.05) is 24.7 Å². The van der Waals surface area contributed by atoms with E-state index < -0.39 is 18.3 Å². The number of benzene rings is 1. The number of ether oxygens (including phenoxy) is 1. The number of piperidine rings is 1. The van der Waals surface area contributed by atoms with Crippen LogP contribution in [0.1, 0.15) is 39.6 Å². The van der Waals surface area contributed by atoms with Gasteiger partial charge in [0.1, 0.15) is 12.8 Å². The molecule has 0 saturated carbocycles. The highest BCUT2D eigenvalue weighted by atomic mass is 19.1. The van der Waals surface area contributed by atoms with E-state index in [1.54, 1.807) is 12.1 Å². The van der Waals surface area contributed by atoms with E-state index in [0.717, 1.165) is 16.7 Å². The Bertz CT molecular complexity index is 593. The summed E-state index contributed by atoms with van der Waals surface area (Å²) in [5.41, 5.74) is 8.72. The highest BCUT2D eigenvalue weighted by molar-refractivity contribution is 5.93. The molecule has 1 aromatic rings. The third-order valence-corrected chi connectivity index (χ3v) is 4.67. The number of cyclic esters (lactones) is 1. The average Bonchev–Trinajstić information content (AvgIpc) is 2.86. The monoisotopic (exact) mass is 308 g/mol. The van der Waals surface area contributed by atoms with Gasteiger partial charge in [-0.05, 0) is 37.1 Å². The SMILES string of the molecule is Cc1c([C@@H](O)CN2CC[C@@H](N)[C@@H](F)C2)ccc2c1COC2=O. The predicted molar refractivity (Wildman–Crippen MR) is 79.2 cm³/mol. The van der Waals surface area contributed by atoms with Crippen LogP contribution in [-0.2, 0) is 11.3 Å². The van der Waals surface area contributed by atoms with Gasteiger partial charge in [-0.25, -0.2) is 9.18 Å². The van der Waals surface area contributed by atoms with Gasteiger partial charge in [-0.2, -0.15) is 0 Å². The number of carbonyl (C=O) groups is 1. The summed E-state index contributed by atoms with van der Waals surface area (Å²) in [6.45, 7) is 3.44. The maximum absolute atomic E-state index is 13.7. The van der Waals surface area contributed by atoms with Crippen LogP contribution in [-0.4, -0.2) is 47.8 Å². The number of nitrogens with two attached hydrogens (primary N) is 1. The minimum atomic E-state index is -1.05. The van der Waals surface area contributed by atoms with Gasteiger partial charge in [0.25, 0.3) is 0 Å². The van der Waals surface area contributed by atoms with E-state index in [2.05, 4.69) is 0 Å². The zero-order valence-corrected chi connectivity index (χ0v) is 12.6. The summed E-state index contributed by atoms with van der Waals surface area (Å²) in [5, 5.41) is 10.5. The van der Waals surface area contributed by atoms with E-state index in [0.29, 0.717) is 25.1 Å². The molecule has 2 heterocycles. The summed E-state index contributed by atoms with van der Waals surface area (Å²) in [4.78, 5) is 13.4. The van der Waals surface area contributed by atoms with Gasteiger partial charge >= 0.3 is 5.97 Å². The van der Waals surface area contributed by atoms with Crippen LogP contribution in [0.5, 0.6) is 0 Å². The Hall–Kier alpha value is -1.50. The number of likely N-dealkylation sites (tertiary alicyclic amines) is 1. The minimum Gasteiger partial charge on any atom is -0.457 e. The van der Waals surface area contributed by atoms with Gasteiger partial charge in [0.15, 0.2) is 0 Å². The molecule has 0 spiro atoms. The Morgan fingerprint density at radius 3 is 3.05 bits per heavy atom. The number of aliphatic hydroxyl groups is 1. The number of β-amino-alcohol motifs (C(OH)–C–C–N with tert-alkyl or cyclic N) is 1. The Morgan fingerprint density at radius 1 is 1.55 bits per heavy atom. The van der Waals surface area contributed by atoms with Crippen LogP contribution < -0.4 is 5.73 Å². The molecule has 0 unspecified atom stereocenters. The summed E-state index contributed by atoms with van der Waals surface area (Å²) < 4.78 is 18.7. The van der Waals surface area contributed by atoms with Gasteiger partial charge < -0.3 is 15.6 Å². The van der Waals surface area contributed by atoms with Crippen molar-refractivity contribution in [3.63, 3.8) is 0 Å². The quantitative estimate of drug-likeness (QED) is 0.817. The van der Waals surface area contributed by atoms with Gasteiger partial charge in [-0.15, -0.1) is 0 Å². The molecular formula is C16H21FN2O3. The number of nitrogens with zero attached hydrogens (tertiary/aromatic N) is 1. The Kier molecular flexibility index (Phi) is 4.16. The average molecular weight is 308 g/mol. The summed E-state index contributed by atoms with van der Waals surface area (Å²) >= 11 is 0. The Balaban J connectivity index is 1.73. The molecule has 3 rings (SSSR count). The molecule has 5 nitrogen and oxygen atoms in total. The van der Waals surface area contributed by atoms with Crippen molar-refractivity contribution in [1.82, 2.24) is 4.90 Å². The molecule has 3 atom stereocenters. The van der Waals surface area contributed by atoms with Crippen molar-refractivity contribution in [3.8, 4) is 0 Å². The number of fused-ring (bicyclic) bond motifs is 1. The molecule has 0 aliphatic carbocycles. The number of carbonyl (C=O) groups excluding carboxylic acids is 1. The van der Waals surface area contributed by atoms with Crippen LogP contribution in [0.4, 0.5) is 4.39 Å². The van der Waals surface area contributed by atoms with Crippen molar-refractivity contribution in [2.45, 2.75) is 38.3 Å². The van der Waals surface area contributed by atoms with Crippen molar-refractivity contribution < 1.29 is 19.0 Å². The first kappa shape index (κ1) is 15.4. The molecule has 6 heteroatoms. The molecule has 0 aromatic heterocycles. The lowest BCUT2D eigenvalue weighted by atomic mass is 9.94. The summed E-state index contributed by atoms with van der Waals surface area (Å²) in [6.07, 6.45) is -1.17. The largest absolute Gasteiger partial charge is 0.457 e. The third-order valence-electron chi connectivity index (χ3n) is 4.67. The second kappa shape index (κ2) is 5.95. The van der Waals surface area contributed by atoms with Crippen molar-refractivity contribution in [2.75, 3.05) is 19.6 Å². The normalized spacial score (nSPS) is 26.6. The second-order valence-corrected chi connectivity index (χ2v) is 6.13. The number of hydrogen-bond acceptors (Lipinski definition) is 5. The highest BCUT2D eigenvalue weighted by Gasteiger charge is 2.29. The second-order valence-electron chi connectivity index (χ2n) is 6.13. The smallest absolute Gasteiger partial charge is 0.338 e. The lowest BCUT2D eigenvalue weighted by Crippen LogP contribution is -2.49. The van der Waals surface area contributed by atoms with E-state index in [1.165, 1.54) is 0 Å². The Morgan fingerprint density at radius 2 is 2.32 bits per heavy atom. The maximum atomic E-state index is 13.7. The molecule has 0 amide bonds. The standard InChI is InChI=1S/C16H21FN2O3/c1-9-10(2-3-11-12(9)8-22-16(11)21)15(20)7-19-5-4-14(18)13(17)6-19/h2-3,13-15,20H,4-8,18H2,1H3/t13-,14+,15-/m0/s1. The lowest BCUT2D eigenvalue weighted by molar-refractivity contribution is 0.0535. The first-order valence-corrected chi connectivity index (χ1v) is 7.57. The molecule has 1 saturated heterocycles. The van der Waals surface area contributed by atoms with Gasteiger partial charge in [-0.1, -0.05) is 6.07 Å². The van der Waals surface area contributed by atoms with E-state index in [1.807, 2.05) is 11.8 Å². The van der Waals surface area contributed by atoms with E-state index in [9.17, 15) is 14.3 Å². The van der Waals surface area contributed by atoms with Crippen LogP contribution in [0, 0.1) is 6.92 Å². The zero-order valence-electron chi connectivity index (χ0n) is 12.6. The number of alkyl halides is 1. The molecule has 1 aromatic carbocycles. The minimum absolute atomic E-state index is 0.254. The van der Waals surface area contributed by atoms with Gasteiger partial charge in [0.05, 0.1) is 11.7 Å². The number of hydrogen-bond donors (Lipinski definition) is 2. The molecule has 0 radical (unpaired) electrons. The van der Waals surface area contributed by atoms with E-state index in [4.69, 9.17) is 10.5 Å². The summed E-state index contributed by atoms with van der Waals surface area (Å²) in [5.74, 6) is -0.315. The number of halogens is 1. The molecule has 120 valence electrons. The van der Waals surface area contributed by atoms with Crippen LogP contribution in [0.15, 0.2) is 12.1 Å². The van der Waals surface area contributed by atoms with Gasteiger partial charge in [-0.3, -0.25) is 4.90 Å². The first-order valence-electron chi connectivity index (χ1n) is 7.57. The molecular weight excluding hydrogens is 287 g/mol. The van der Waals surface area contributed by atoms with Crippen molar-refractivity contribution >= 4 is 5.97 Å². The molecule has 22 heavy (non-hydrogen) atoms. The first-order chi connectivity index (χ1) is 10.5. The van der Waals surface area contributed by atoms with Crippen LogP contribution >= 0.6 is 0 Å². The Labute approximate surface area is 128 Å². The molecule has 1 fully saturated rings. The predicted octanol–water partition coefficient (Wildman–Crippen LogP) is 1.07. The fraction of sp³-hybridized carbons (Fsp3) is 0.562. The van der Waals surface area contributed by atoms with Crippen LogP contribution in [0.25, 0.3) is 0 Å². The number of rotatable bonds is 3. The van der Waals surface area contributed by atoms with Crippen LogP contribution in [0.2, 0.25) is 0 Å². The van der Waals surface area contributed by atoms with E-state index in [-0.39, 0.29) is 19.1 Å². The van der Waals surface area contributed by atoms with Crippen molar-refractivity contribution in [3.05, 3.63) is 34.4 Å². The van der Waals surface area contributed by atoms with Crippen molar-refractivity contribution in [1.29, 1.82) is 0 Å². The fourth-order valence-corrected chi connectivity index (χ4v) is 3.22. The molecule has 3 N–H and O–H groups in total. The highest BCUT2D eigenvalue weighted by Crippen LogP contribution is 2.29. The molecule has 0 bridgehead atoms. The topological polar surface area (TPSA) is 75.8 Å². The van der Waals surface area contributed by atoms with E-state index >= 15 is 0 Å². The lowest BCUT2D eigenvalue weighted by Gasteiger charge is -2.34. The summed E-state index contributed by atoms with van der Waals surface area (Å²) in [7, 11) is 0. The molecule has 2 aliphatic rings. The third kappa shape index (κ3) is 2.74.